The van der Waals surface area contributed by atoms with Crippen LogP contribution in [0, 0.1) is 0 Å². The molecule has 2 heterocycles. The van der Waals surface area contributed by atoms with Crippen LogP contribution < -0.4 is 10.6 Å². The number of piperazine rings is 1. The summed E-state index contributed by atoms with van der Waals surface area (Å²) in [7, 11) is 0. The van der Waals surface area contributed by atoms with E-state index in [1.54, 1.807) is 11.3 Å². The lowest BCUT2D eigenvalue weighted by Crippen LogP contribution is -2.50. The molecular weight excluding hydrogens is 278 g/mol. The van der Waals surface area contributed by atoms with Gasteiger partial charge in [0.15, 0.2) is 0 Å². The standard InChI is InChI=1S/C17H23N3S/c1-14(18)17(15-7-12-21-13-15)20-10-8-19(9-11-20)16-5-3-2-4-6-16/h2-7,12-14,17H,8-11,18H2,1H3. The van der Waals surface area contributed by atoms with Gasteiger partial charge >= 0.3 is 0 Å². The second-order valence-corrected chi connectivity index (χ2v) is 6.50. The smallest absolute Gasteiger partial charge is 0.0506 e. The van der Waals surface area contributed by atoms with Crippen LogP contribution in [0.2, 0.25) is 0 Å². The number of nitrogens with zero attached hydrogens (tertiary/aromatic N) is 2. The van der Waals surface area contributed by atoms with Crippen LogP contribution in [0.4, 0.5) is 5.69 Å². The maximum Gasteiger partial charge on any atom is 0.0506 e. The van der Waals surface area contributed by atoms with E-state index in [-0.39, 0.29) is 6.04 Å². The van der Waals surface area contributed by atoms with E-state index in [1.165, 1.54) is 11.3 Å². The van der Waals surface area contributed by atoms with Gasteiger partial charge in [-0.3, -0.25) is 4.90 Å². The quantitative estimate of drug-likeness (QED) is 0.942. The molecule has 1 saturated heterocycles. The maximum atomic E-state index is 6.25. The van der Waals surface area contributed by atoms with Crippen LogP contribution >= 0.6 is 11.3 Å². The molecule has 1 fully saturated rings. The molecule has 1 aromatic heterocycles. The van der Waals surface area contributed by atoms with Gasteiger partial charge in [0.2, 0.25) is 0 Å². The van der Waals surface area contributed by atoms with Gasteiger partial charge in [0, 0.05) is 37.9 Å². The van der Waals surface area contributed by atoms with Gasteiger partial charge in [-0.15, -0.1) is 0 Å². The van der Waals surface area contributed by atoms with E-state index in [2.05, 4.69) is 63.9 Å². The van der Waals surface area contributed by atoms with Crippen LogP contribution in [0.15, 0.2) is 47.2 Å². The Bertz CT molecular complexity index is 530. The summed E-state index contributed by atoms with van der Waals surface area (Å²) in [5, 5.41) is 4.38. The van der Waals surface area contributed by atoms with Gasteiger partial charge in [0.25, 0.3) is 0 Å². The molecule has 3 nitrogen and oxygen atoms in total. The first-order chi connectivity index (χ1) is 10.3. The summed E-state index contributed by atoms with van der Waals surface area (Å²) in [6, 6.07) is 13.4. The SMILES string of the molecule is CC(N)C(c1ccsc1)N1CCN(c2ccccc2)CC1. The molecule has 0 aliphatic carbocycles. The van der Waals surface area contributed by atoms with Crippen LogP contribution in [0.25, 0.3) is 0 Å². The van der Waals surface area contributed by atoms with Crippen molar-refractivity contribution in [2.24, 2.45) is 5.73 Å². The van der Waals surface area contributed by atoms with Gasteiger partial charge in [0.1, 0.15) is 0 Å². The highest BCUT2D eigenvalue weighted by Crippen LogP contribution is 2.27. The van der Waals surface area contributed by atoms with E-state index in [1.807, 2.05) is 0 Å². The van der Waals surface area contributed by atoms with E-state index in [4.69, 9.17) is 5.73 Å². The summed E-state index contributed by atoms with van der Waals surface area (Å²) in [4.78, 5) is 4.99. The molecule has 1 aromatic carbocycles. The fourth-order valence-electron chi connectivity index (χ4n) is 3.19. The second kappa shape index (κ2) is 6.60. The minimum absolute atomic E-state index is 0.155. The van der Waals surface area contributed by atoms with E-state index in [0.717, 1.165) is 26.2 Å². The van der Waals surface area contributed by atoms with Crippen LogP contribution in [0.1, 0.15) is 18.5 Å². The Hall–Kier alpha value is -1.36. The van der Waals surface area contributed by atoms with Crippen LogP contribution in [-0.4, -0.2) is 37.1 Å². The second-order valence-electron chi connectivity index (χ2n) is 5.72. The average molecular weight is 301 g/mol. The molecule has 2 unspecified atom stereocenters. The highest BCUT2D eigenvalue weighted by atomic mass is 32.1. The normalized spacial score (nSPS) is 19.4. The third kappa shape index (κ3) is 3.28. The van der Waals surface area contributed by atoms with E-state index < -0.39 is 0 Å². The molecule has 0 spiro atoms. The zero-order chi connectivity index (χ0) is 14.7. The van der Waals surface area contributed by atoms with Gasteiger partial charge in [-0.05, 0) is 41.4 Å². The van der Waals surface area contributed by atoms with Crippen molar-refractivity contribution in [1.82, 2.24) is 4.90 Å². The molecule has 3 rings (SSSR count). The Kier molecular flexibility index (Phi) is 4.58. The zero-order valence-corrected chi connectivity index (χ0v) is 13.3. The van der Waals surface area contributed by atoms with E-state index in [9.17, 15) is 0 Å². The highest BCUT2D eigenvalue weighted by molar-refractivity contribution is 7.07. The lowest BCUT2D eigenvalue weighted by molar-refractivity contribution is 0.167. The number of anilines is 1. The molecule has 2 N–H and O–H groups in total. The summed E-state index contributed by atoms with van der Waals surface area (Å²) < 4.78 is 0. The van der Waals surface area contributed by atoms with Gasteiger partial charge in [-0.2, -0.15) is 11.3 Å². The van der Waals surface area contributed by atoms with Crippen molar-refractivity contribution in [1.29, 1.82) is 0 Å². The lowest BCUT2D eigenvalue weighted by atomic mass is 10.0. The number of nitrogens with two attached hydrogens (primary N) is 1. The number of para-hydroxylation sites is 1. The van der Waals surface area contributed by atoms with Gasteiger partial charge in [0.05, 0.1) is 6.04 Å². The Morgan fingerprint density at radius 2 is 1.76 bits per heavy atom. The minimum atomic E-state index is 0.155. The summed E-state index contributed by atoms with van der Waals surface area (Å²) in [5.41, 5.74) is 8.94. The van der Waals surface area contributed by atoms with E-state index in [0.29, 0.717) is 6.04 Å². The van der Waals surface area contributed by atoms with Crippen molar-refractivity contribution in [3.8, 4) is 0 Å². The summed E-state index contributed by atoms with van der Waals surface area (Å²) in [5.74, 6) is 0. The fraction of sp³-hybridized carbons (Fsp3) is 0.412. The first-order valence-electron chi connectivity index (χ1n) is 7.57. The molecule has 1 aliphatic heterocycles. The number of rotatable bonds is 4. The molecule has 0 saturated carbocycles. The topological polar surface area (TPSA) is 32.5 Å². The lowest BCUT2D eigenvalue weighted by Gasteiger charge is -2.41. The molecule has 2 atom stereocenters. The molecule has 4 heteroatoms. The van der Waals surface area contributed by atoms with Crippen molar-refractivity contribution < 1.29 is 0 Å². The molecule has 0 amide bonds. The van der Waals surface area contributed by atoms with E-state index >= 15 is 0 Å². The molecule has 0 bridgehead atoms. The van der Waals surface area contributed by atoms with Crippen LogP contribution in [-0.2, 0) is 0 Å². The zero-order valence-electron chi connectivity index (χ0n) is 12.5. The Morgan fingerprint density at radius 1 is 1.05 bits per heavy atom. The minimum Gasteiger partial charge on any atom is -0.369 e. The molecular formula is C17H23N3S. The summed E-state index contributed by atoms with van der Waals surface area (Å²) in [6.45, 7) is 6.38. The molecule has 2 aromatic rings. The molecule has 112 valence electrons. The van der Waals surface area contributed by atoms with Crippen LogP contribution in [0.5, 0.6) is 0 Å². The third-order valence-electron chi connectivity index (χ3n) is 4.21. The van der Waals surface area contributed by atoms with Crippen molar-refractivity contribution in [3.63, 3.8) is 0 Å². The number of hydrogen-bond donors (Lipinski definition) is 1. The Morgan fingerprint density at radius 3 is 2.33 bits per heavy atom. The first kappa shape index (κ1) is 14.6. The monoisotopic (exact) mass is 301 g/mol. The van der Waals surface area contributed by atoms with Gasteiger partial charge in [-0.25, -0.2) is 0 Å². The molecule has 0 radical (unpaired) electrons. The fourth-order valence-corrected chi connectivity index (χ4v) is 3.88. The number of hydrogen-bond acceptors (Lipinski definition) is 4. The van der Waals surface area contributed by atoms with Crippen molar-refractivity contribution >= 4 is 17.0 Å². The van der Waals surface area contributed by atoms with Crippen molar-refractivity contribution in [3.05, 3.63) is 52.7 Å². The third-order valence-corrected chi connectivity index (χ3v) is 4.91. The predicted octanol–water partition coefficient (Wildman–Crippen LogP) is 2.96. The average Bonchev–Trinajstić information content (AvgIpc) is 3.03. The summed E-state index contributed by atoms with van der Waals surface area (Å²) in [6.07, 6.45) is 0. The largest absolute Gasteiger partial charge is 0.369 e. The summed E-state index contributed by atoms with van der Waals surface area (Å²) >= 11 is 1.75. The Labute approximate surface area is 131 Å². The highest BCUT2D eigenvalue weighted by Gasteiger charge is 2.27. The first-order valence-corrected chi connectivity index (χ1v) is 8.51. The van der Waals surface area contributed by atoms with Crippen molar-refractivity contribution in [2.75, 3.05) is 31.1 Å². The van der Waals surface area contributed by atoms with Crippen molar-refractivity contribution in [2.45, 2.75) is 19.0 Å². The van der Waals surface area contributed by atoms with Gasteiger partial charge < -0.3 is 10.6 Å². The van der Waals surface area contributed by atoms with Gasteiger partial charge in [-0.1, -0.05) is 18.2 Å². The number of thiophene rings is 1. The molecule has 21 heavy (non-hydrogen) atoms. The Balaban J connectivity index is 1.67. The number of benzene rings is 1. The maximum absolute atomic E-state index is 6.25. The van der Waals surface area contributed by atoms with Crippen LogP contribution in [0.3, 0.4) is 0 Å². The predicted molar refractivity (Wildman–Crippen MR) is 90.9 cm³/mol. The molecule has 1 aliphatic rings.